The number of aromatic amines is 1. The number of nitrogens with one attached hydrogen (secondary N) is 2. The van der Waals surface area contributed by atoms with Gasteiger partial charge in [-0.05, 0) is 30.7 Å². The summed E-state index contributed by atoms with van der Waals surface area (Å²) in [5.74, 6) is -0.560. The molecule has 0 saturated carbocycles. The van der Waals surface area contributed by atoms with Crippen LogP contribution in [0, 0.1) is 5.82 Å². The predicted molar refractivity (Wildman–Crippen MR) is 86.2 cm³/mol. The third-order valence-corrected chi connectivity index (χ3v) is 4.34. The fourth-order valence-electron chi connectivity index (χ4n) is 2.79. The molecule has 3 heterocycles. The molecule has 1 fully saturated rings. The molecule has 3 aromatic rings. The van der Waals surface area contributed by atoms with Gasteiger partial charge in [0.2, 0.25) is 0 Å². The first-order chi connectivity index (χ1) is 11.6. The number of ether oxygens (including phenoxy) is 1. The lowest BCUT2D eigenvalue weighted by molar-refractivity contribution is -0.0286. The van der Waals surface area contributed by atoms with Crippen LogP contribution in [0.2, 0.25) is 0 Å². The van der Waals surface area contributed by atoms with Crippen molar-refractivity contribution in [3.8, 4) is 0 Å². The van der Waals surface area contributed by atoms with E-state index in [1.54, 1.807) is 23.1 Å². The lowest BCUT2D eigenvalue weighted by Gasteiger charge is -2.25. The average molecular weight is 328 g/mol. The van der Waals surface area contributed by atoms with Crippen LogP contribution in [-0.4, -0.2) is 33.9 Å². The first-order valence-electron chi connectivity index (χ1n) is 7.81. The molecule has 0 spiro atoms. The topological polar surface area (TPSA) is 71.9 Å². The number of rotatable bonds is 4. The molecule has 7 heteroatoms. The molecular weight excluding hydrogens is 311 g/mol. The minimum absolute atomic E-state index is 0.203. The first-order valence-corrected chi connectivity index (χ1v) is 7.81. The molecule has 24 heavy (non-hydrogen) atoms. The number of benzene rings is 1. The van der Waals surface area contributed by atoms with Crippen molar-refractivity contribution >= 4 is 16.8 Å². The number of nitrogens with zero attached hydrogens (tertiary/aromatic N) is 2. The summed E-state index contributed by atoms with van der Waals surface area (Å²) in [6, 6.07) is 5.01. The highest BCUT2D eigenvalue weighted by molar-refractivity contribution is 5.94. The Morgan fingerprint density at radius 3 is 3.08 bits per heavy atom. The highest BCUT2D eigenvalue weighted by Crippen LogP contribution is 2.23. The van der Waals surface area contributed by atoms with Gasteiger partial charge in [0.1, 0.15) is 5.82 Å². The van der Waals surface area contributed by atoms with Crippen LogP contribution < -0.4 is 5.32 Å². The van der Waals surface area contributed by atoms with Crippen molar-refractivity contribution in [3.63, 3.8) is 0 Å². The summed E-state index contributed by atoms with van der Waals surface area (Å²) in [6.45, 7) is 3.07. The van der Waals surface area contributed by atoms with E-state index in [1.165, 1.54) is 12.3 Å². The minimum atomic E-state index is -0.327. The van der Waals surface area contributed by atoms with E-state index in [9.17, 15) is 9.18 Å². The molecule has 1 amide bonds. The van der Waals surface area contributed by atoms with Crippen LogP contribution in [0.1, 0.15) is 34.9 Å². The highest BCUT2D eigenvalue weighted by Gasteiger charge is 2.22. The van der Waals surface area contributed by atoms with E-state index in [-0.39, 0.29) is 23.8 Å². The van der Waals surface area contributed by atoms with Crippen LogP contribution in [0.5, 0.6) is 0 Å². The summed E-state index contributed by atoms with van der Waals surface area (Å²) in [6.07, 6.45) is 4.95. The van der Waals surface area contributed by atoms with Gasteiger partial charge in [0.15, 0.2) is 0 Å². The molecule has 1 atom stereocenters. The van der Waals surface area contributed by atoms with Crippen LogP contribution in [-0.2, 0) is 4.74 Å². The van der Waals surface area contributed by atoms with Crippen molar-refractivity contribution in [3.05, 3.63) is 53.7 Å². The summed E-state index contributed by atoms with van der Waals surface area (Å²) in [5.41, 5.74) is 1.67. The number of carbonyl (C=O) groups is 1. The second-order valence-electron chi connectivity index (χ2n) is 6.04. The second-order valence-corrected chi connectivity index (χ2v) is 6.04. The van der Waals surface area contributed by atoms with E-state index in [4.69, 9.17) is 4.74 Å². The fraction of sp³-hybridized carbons (Fsp3) is 0.294. The van der Waals surface area contributed by atoms with Gasteiger partial charge in [-0.1, -0.05) is 0 Å². The molecule has 0 radical (unpaired) electrons. The Labute approximate surface area is 137 Å². The van der Waals surface area contributed by atoms with Gasteiger partial charge in [0.05, 0.1) is 42.6 Å². The normalized spacial score (nSPS) is 16.1. The summed E-state index contributed by atoms with van der Waals surface area (Å²) in [4.78, 5) is 15.2. The van der Waals surface area contributed by atoms with Crippen LogP contribution in [0.15, 0.2) is 36.8 Å². The van der Waals surface area contributed by atoms with E-state index in [1.807, 2.05) is 13.0 Å². The highest BCUT2D eigenvalue weighted by atomic mass is 19.1. The Hall–Kier alpha value is -2.67. The van der Waals surface area contributed by atoms with E-state index in [0.717, 1.165) is 5.39 Å². The monoisotopic (exact) mass is 328 g/mol. The minimum Gasteiger partial charge on any atom is -0.377 e. The number of amides is 1. The number of hydrogen-bond donors (Lipinski definition) is 2. The number of hydrogen-bond acceptors (Lipinski definition) is 3. The molecule has 1 aromatic carbocycles. The molecular formula is C17H17FN4O2. The quantitative estimate of drug-likeness (QED) is 0.773. The van der Waals surface area contributed by atoms with Gasteiger partial charge in [-0.2, -0.15) is 5.10 Å². The zero-order valence-corrected chi connectivity index (χ0v) is 13.1. The SMILES string of the molecule is CC(NC(=O)c1cnn(C2COC2)c1)c1cc(F)c2[nH]ccc2c1. The van der Waals surface area contributed by atoms with Gasteiger partial charge in [-0.3, -0.25) is 9.48 Å². The number of fused-ring (bicyclic) bond motifs is 1. The first kappa shape index (κ1) is 14.9. The lowest BCUT2D eigenvalue weighted by atomic mass is 10.1. The Morgan fingerprint density at radius 1 is 1.50 bits per heavy atom. The molecule has 2 aromatic heterocycles. The van der Waals surface area contributed by atoms with Gasteiger partial charge in [0, 0.05) is 17.8 Å². The molecule has 2 N–H and O–H groups in total. The molecule has 1 aliphatic rings. The number of H-pyrrole nitrogens is 1. The van der Waals surface area contributed by atoms with Crippen molar-refractivity contribution in [2.75, 3.05) is 13.2 Å². The van der Waals surface area contributed by atoms with Crippen LogP contribution in [0.4, 0.5) is 4.39 Å². The van der Waals surface area contributed by atoms with Gasteiger partial charge in [0.25, 0.3) is 5.91 Å². The average Bonchev–Trinajstić information content (AvgIpc) is 3.14. The molecule has 1 unspecified atom stereocenters. The third kappa shape index (κ3) is 2.56. The van der Waals surface area contributed by atoms with E-state index < -0.39 is 0 Å². The predicted octanol–water partition coefficient (Wildman–Crippen LogP) is 2.57. The van der Waals surface area contributed by atoms with Gasteiger partial charge < -0.3 is 15.0 Å². The summed E-state index contributed by atoms with van der Waals surface area (Å²) < 4.78 is 20.9. The Morgan fingerprint density at radius 2 is 2.33 bits per heavy atom. The van der Waals surface area contributed by atoms with E-state index >= 15 is 0 Å². The number of aromatic nitrogens is 3. The third-order valence-electron chi connectivity index (χ3n) is 4.34. The second kappa shape index (κ2) is 5.76. The zero-order valence-electron chi connectivity index (χ0n) is 13.1. The lowest BCUT2D eigenvalue weighted by Crippen LogP contribution is -2.31. The van der Waals surface area contributed by atoms with Crippen molar-refractivity contribution in [2.24, 2.45) is 0 Å². The smallest absolute Gasteiger partial charge is 0.254 e. The summed E-state index contributed by atoms with van der Waals surface area (Å²) in [7, 11) is 0. The maximum atomic E-state index is 14.1. The molecule has 4 rings (SSSR count). The zero-order chi connectivity index (χ0) is 16.7. The maximum Gasteiger partial charge on any atom is 0.254 e. The Balaban J connectivity index is 1.50. The largest absolute Gasteiger partial charge is 0.377 e. The number of carbonyl (C=O) groups excluding carboxylic acids is 1. The molecule has 1 aliphatic heterocycles. The van der Waals surface area contributed by atoms with Gasteiger partial charge in [-0.25, -0.2) is 4.39 Å². The van der Waals surface area contributed by atoms with Crippen LogP contribution >= 0.6 is 0 Å². The van der Waals surface area contributed by atoms with Crippen LogP contribution in [0.3, 0.4) is 0 Å². The van der Waals surface area contributed by atoms with E-state index in [0.29, 0.717) is 29.9 Å². The Bertz CT molecular complexity index is 897. The van der Waals surface area contributed by atoms with Crippen molar-refractivity contribution in [2.45, 2.75) is 19.0 Å². The molecule has 1 saturated heterocycles. The fourth-order valence-corrected chi connectivity index (χ4v) is 2.79. The summed E-state index contributed by atoms with van der Waals surface area (Å²) in [5, 5.41) is 7.86. The Kier molecular flexibility index (Phi) is 3.57. The van der Waals surface area contributed by atoms with Gasteiger partial charge in [-0.15, -0.1) is 0 Å². The van der Waals surface area contributed by atoms with Crippen molar-refractivity contribution in [1.82, 2.24) is 20.1 Å². The van der Waals surface area contributed by atoms with Crippen molar-refractivity contribution in [1.29, 1.82) is 0 Å². The molecule has 6 nitrogen and oxygen atoms in total. The molecule has 0 aliphatic carbocycles. The van der Waals surface area contributed by atoms with E-state index in [2.05, 4.69) is 15.4 Å². The van der Waals surface area contributed by atoms with Crippen LogP contribution in [0.25, 0.3) is 10.9 Å². The van der Waals surface area contributed by atoms with Crippen molar-refractivity contribution < 1.29 is 13.9 Å². The molecule has 124 valence electrons. The molecule has 0 bridgehead atoms. The van der Waals surface area contributed by atoms with Gasteiger partial charge >= 0.3 is 0 Å². The standard InChI is InChI=1S/C17H17FN4O2/c1-10(12-4-11-2-3-19-16(11)15(18)5-12)21-17(23)13-6-20-22(7-13)14-8-24-9-14/h2-7,10,14,19H,8-9H2,1H3,(H,21,23). The number of halogens is 1. The summed E-state index contributed by atoms with van der Waals surface area (Å²) >= 11 is 0. The maximum absolute atomic E-state index is 14.1.